The molecule has 1 aromatic carbocycles. The van der Waals surface area contributed by atoms with Gasteiger partial charge in [0.2, 0.25) is 0 Å². The molecule has 0 spiro atoms. The Morgan fingerprint density at radius 1 is 1.00 bits per heavy atom. The molecule has 0 radical (unpaired) electrons. The molecule has 0 aliphatic carbocycles. The molecule has 3 rings (SSSR count). The molecular formula is C17H24Cl2N2S. The van der Waals surface area contributed by atoms with Crippen LogP contribution in [0.1, 0.15) is 27.6 Å². The Morgan fingerprint density at radius 2 is 1.64 bits per heavy atom. The van der Waals surface area contributed by atoms with Crippen molar-refractivity contribution in [3.8, 4) is 0 Å². The van der Waals surface area contributed by atoms with E-state index in [4.69, 9.17) is 0 Å². The van der Waals surface area contributed by atoms with Crippen LogP contribution in [0.15, 0.2) is 35.7 Å². The van der Waals surface area contributed by atoms with E-state index in [0.29, 0.717) is 6.04 Å². The lowest BCUT2D eigenvalue weighted by molar-refractivity contribution is 0.200. The summed E-state index contributed by atoms with van der Waals surface area (Å²) in [4.78, 5) is 4.08. The molecule has 0 bridgehead atoms. The molecule has 0 saturated carbocycles. The number of benzene rings is 1. The number of thiophene rings is 1. The first-order valence-corrected chi connectivity index (χ1v) is 8.19. The summed E-state index contributed by atoms with van der Waals surface area (Å²) in [5.74, 6) is 0. The zero-order valence-corrected chi connectivity index (χ0v) is 15.5. The molecule has 0 unspecified atom stereocenters. The minimum absolute atomic E-state index is 0. The SMILES string of the molecule is Cc1cccc(C)c1[C@H](c1cccs1)N1CCNCC1.Cl.Cl. The second-order valence-electron chi connectivity index (χ2n) is 5.51. The monoisotopic (exact) mass is 358 g/mol. The van der Waals surface area contributed by atoms with E-state index in [1.54, 1.807) is 0 Å². The van der Waals surface area contributed by atoms with Crippen LogP contribution in [0, 0.1) is 13.8 Å². The molecule has 22 heavy (non-hydrogen) atoms. The Morgan fingerprint density at radius 3 is 2.18 bits per heavy atom. The Kier molecular flexibility index (Phi) is 7.87. The lowest BCUT2D eigenvalue weighted by Gasteiger charge is -2.36. The van der Waals surface area contributed by atoms with E-state index in [2.05, 4.69) is 59.8 Å². The van der Waals surface area contributed by atoms with Gasteiger partial charge in [0.15, 0.2) is 0 Å². The number of rotatable bonds is 3. The average Bonchev–Trinajstić information content (AvgIpc) is 2.98. The van der Waals surface area contributed by atoms with E-state index < -0.39 is 0 Å². The molecule has 2 aromatic rings. The van der Waals surface area contributed by atoms with E-state index in [1.165, 1.54) is 21.6 Å². The van der Waals surface area contributed by atoms with E-state index in [1.807, 2.05) is 11.3 Å². The second-order valence-corrected chi connectivity index (χ2v) is 6.49. The van der Waals surface area contributed by atoms with Gasteiger partial charge in [0.25, 0.3) is 0 Å². The molecule has 2 heterocycles. The normalized spacial score (nSPS) is 16.5. The van der Waals surface area contributed by atoms with Crippen molar-refractivity contribution < 1.29 is 0 Å². The highest BCUT2D eigenvalue weighted by Gasteiger charge is 2.26. The molecule has 1 aliphatic heterocycles. The molecule has 122 valence electrons. The van der Waals surface area contributed by atoms with Gasteiger partial charge >= 0.3 is 0 Å². The van der Waals surface area contributed by atoms with Gasteiger partial charge < -0.3 is 5.32 Å². The fourth-order valence-corrected chi connectivity index (χ4v) is 4.02. The number of nitrogens with zero attached hydrogens (tertiary/aromatic N) is 1. The van der Waals surface area contributed by atoms with Crippen molar-refractivity contribution >= 4 is 36.2 Å². The first-order chi connectivity index (χ1) is 9.77. The molecule has 1 saturated heterocycles. The Balaban J connectivity index is 0.00000121. The summed E-state index contributed by atoms with van der Waals surface area (Å²) in [5.41, 5.74) is 4.31. The standard InChI is InChI=1S/C17H22N2S.2ClH/c1-13-5-3-6-14(2)16(13)17(15-7-4-12-20-15)19-10-8-18-9-11-19;;/h3-7,12,17-18H,8-11H2,1-2H3;2*1H/t17-;;/m0../s1. The summed E-state index contributed by atoms with van der Waals surface area (Å²) < 4.78 is 0. The molecule has 1 atom stereocenters. The van der Waals surface area contributed by atoms with Gasteiger partial charge in [0.1, 0.15) is 0 Å². The van der Waals surface area contributed by atoms with Crippen molar-refractivity contribution in [1.82, 2.24) is 10.2 Å². The fourth-order valence-electron chi connectivity index (χ4n) is 3.15. The van der Waals surface area contributed by atoms with E-state index >= 15 is 0 Å². The summed E-state index contributed by atoms with van der Waals surface area (Å²) in [5, 5.41) is 5.65. The molecule has 1 aromatic heterocycles. The smallest absolute Gasteiger partial charge is 0.0702 e. The topological polar surface area (TPSA) is 15.3 Å². The van der Waals surface area contributed by atoms with Crippen molar-refractivity contribution in [1.29, 1.82) is 0 Å². The van der Waals surface area contributed by atoms with Crippen LogP contribution in [-0.4, -0.2) is 31.1 Å². The van der Waals surface area contributed by atoms with Crippen LogP contribution in [0.25, 0.3) is 0 Å². The van der Waals surface area contributed by atoms with Crippen LogP contribution in [-0.2, 0) is 0 Å². The highest BCUT2D eigenvalue weighted by atomic mass is 35.5. The van der Waals surface area contributed by atoms with Crippen LogP contribution >= 0.6 is 36.2 Å². The van der Waals surface area contributed by atoms with E-state index in [0.717, 1.165) is 26.2 Å². The van der Waals surface area contributed by atoms with Crippen molar-refractivity contribution in [2.45, 2.75) is 19.9 Å². The summed E-state index contributed by atoms with van der Waals surface area (Å²) in [7, 11) is 0. The van der Waals surface area contributed by atoms with Crippen molar-refractivity contribution in [2.24, 2.45) is 0 Å². The first-order valence-electron chi connectivity index (χ1n) is 7.31. The van der Waals surface area contributed by atoms with E-state index in [9.17, 15) is 0 Å². The van der Waals surface area contributed by atoms with Gasteiger partial charge in [-0.1, -0.05) is 24.3 Å². The molecule has 1 aliphatic rings. The third-order valence-electron chi connectivity index (χ3n) is 4.14. The molecule has 1 fully saturated rings. The van der Waals surface area contributed by atoms with Gasteiger partial charge in [-0.05, 0) is 42.0 Å². The van der Waals surface area contributed by atoms with Crippen LogP contribution in [0.3, 0.4) is 0 Å². The number of piperazine rings is 1. The van der Waals surface area contributed by atoms with Gasteiger partial charge in [-0.3, -0.25) is 4.90 Å². The summed E-state index contributed by atoms with van der Waals surface area (Å²) >= 11 is 1.87. The number of hydrogen-bond acceptors (Lipinski definition) is 3. The van der Waals surface area contributed by atoms with Crippen LogP contribution in [0.5, 0.6) is 0 Å². The van der Waals surface area contributed by atoms with Crippen LogP contribution in [0.4, 0.5) is 0 Å². The second kappa shape index (κ2) is 8.90. The molecule has 5 heteroatoms. The highest BCUT2D eigenvalue weighted by Crippen LogP contribution is 2.35. The Labute approximate surface area is 149 Å². The maximum absolute atomic E-state index is 3.46. The average molecular weight is 359 g/mol. The summed E-state index contributed by atoms with van der Waals surface area (Å²) in [6.45, 7) is 8.91. The van der Waals surface area contributed by atoms with Gasteiger partial charge in [0.05, 0.1) is 6.04 Å². The molecule has 2 nitrogen and oxygen atoms in total. The maximum Gasteiger partial charge on any atom is 0.0702 e. The summed E-state index contributed by atoms with van der Waals surface area (Å²) in [6.07, 6.45) is 0. The number of halogens is 2. The molecule has 0 amide bonds. The number of nitrogens with one attached hydrogen (secondary N) is 1. The lowest BCUT2D eigenvalue weighted by Crippen LogP contribution is -2.45. The molecular weight excluding hydrogens is 335 g/mol. The minimum atomic E-state index is 0. The zero-order valence-electron chi connectivity index (χ0n) is 13.0. The molecule has 1 N–H and O–H groups in total. The van der Waals surface area contributed by atoms with Crippen LogP contribution in [0.2, 0.25) is 0 Å². The third kappa shape index (κ3) is 4.03. The zero-order chi connectivity index (χ0) is 13.9. The highest BCUT2D eigenvalue weighted by molar-refractivity contribution is 7.10. The van der Waals surface area contributed by atoms with E-state index in [-0.39, 0.29) is 24.8 Å². The van der Waals surface area contributed by atoms with Crippen LogP contribution < -0.4 is 5.32 Å². The fraction of sp³-hybridized carbons (Fsp3) is 0.412. The van der Waals surface area contributed by atoms with Crippen molar-refractivity contribution in [2.75, 3.05) is 26.2 Å². The van der Waals surface area contributed by atoms with Gasteiger partial charge in [0, 0.05) is 31.1 Å². The Bertz CT molecular complexity index is 546. The largest absolute Gasteiger partial charge is 0.314 e. The third-order valence-corrected chi connectivity index (χ3v) is 5.07. The quantitative estimate of drug-likeness (QED) is 0.884. The minimum Gasteiger partial charge on any atom is -0.314 e. The number of aryl methyl sites for hydroxylation is 2. The predicted octanol–water partition coefficient (Wildman–Crippen LogP) is 4.20. The van der Waals surface area contributed by atoms with Crippen molar-refractivity contribution in [3.05, 3.63) is 57.3 Å². The lowest BCUT2D eigenvalue weighted by atomic mass is 9.93. The summed E-state index contributed by atoms with van der Waals surface area (Å²) in [6, 6.07) is 11.5. The van der Waals surface area contributed by atoms with Gasteiger partial charge in [-0.15, -0.1) is 36.2 Å². The first kappa shape index (κ1) is 19.5. The van der Waals surface area contributed by atoms with Crippen molar-refractivity contribution in [3.63, 3.8) is 0 Å². The maximum atomic E-state index is 3.46. The van der Waals surface area contributed by atoms with Gasteiger partial charge in [-0.25, -0.2) is 0 Å². The Hall–Kier alpha value is -0.580. The predicted molar refractivity (Wildman–Crippen MR) is 101 cm³/mol. The number of hydrogen-bond donors (Lipinski definition) is 1. The van der Waals surface area contributed by atoms with Gasteiger partial charge in [-0.2, -0.15) is 0 Å².